The summed E-state index contributed by atoms with van der Waals surface area (Å²) >= 11 is 6.17. The summed E-state index contributed by atoms with van der Waals surface area (Å²) in [5.74, 6) is 0. The van der Waals surface area contributed by atoms with E-state index in [9.17, 15) is 0 Å². The molecule has 1 aromatic carbocycles. The number of hydrogen-bond acceptors (Lipinski definition) is 2. The van der Waals surface area contributed by atoms with Crippen LogP contribution in [0.3, 0.4) is 0 Å². The van der Waals surface area contributed by atoms with Crippen molar-refractivity contribution in [3.8, 4) is 0 Å². The van der Waals surface area contributed by atoms with Crippen molar-refractivity contribution in [3.05, 3.63) is 34.9 Å². The van der Waals surface area contributed by atoms with E-state index in [4.69, 9.17) is 16.3 Å². The number of hydrogen-bond donors (Lipinski definition) is 1. The molecule has 3 heteroatoms. The van der Waals surface area contributed by atoms with Crippen LogP contribution in [0.4, 0.5) is 0 Å². The molecule has 0 radical (unpaired) electrons. The van der Waals surface area contributed by atoms with Crippen molar-refractivity contribution in [3.63, 3.8) is 0 Å². The highest BCUT2D eigenvalue weighted by Crippen LogP contribution is 2.22. The highest BCUT2D eigenvalue weighted by Gasteiger charge is 2.12. The van der Waals surface area contributed by atoms with Crippen LogP contribution in [0.1, 0.15) is 31.9 Å². The zero-order valence-corrected chi connectivity index (χ0v) is 10.8. The molecule has 16 heavy (non-hydrogen) atoms. The van der Waals surface area contributed by atoms with Gasteiger partial charge in [-0.3, -0.25) is 0 Å². The standard InChI is InChI=1S/C13H20ClNO/c1-3-9-16-10-13(15-4-2)11-7-5-6-8-12(11)14/h5-8,13,15H,3-4,9-10H2,1-2H3. The molecule has 0 fully saturated rings. The summed E-state index contributed by atoms with van der Waals surface area (Å²) in [4.78, 5) is 0. The summed E-state index contributed by atoms with van der Waals surface area (Å²) in [6, 6.07) is 8.10. The lowest BCUT2D eigenvalue weighted by Crippen LogP contribution is -2.25. The predicted octanol–water partition coefficient (Wildman–Crippen LogP) is 3.42. The van der Waals surface area contributed by atoms with E-state index in [1.165, 1.54) is 0 Å². The Balaban J connectivity index is 2.65. The second-order valence-corrected chi connectivity index (χ2v) is 4.11. The highest BCUT2D eigenvalue weighted by atomic mass is 35.5. The Bertz CT molecular complexity index is 304. The minimum absolute atomic E-state index is 0.185. The first-order valence-electron chi connectivity index (χ1n) is 5.85. The fourth-order valence-electron chi connectivity index (χ4n) is 1.61. The quantitative estimate of drug-likeness (QED) is 0.739. The molecule has 0 aliphatic carbocycles. The maximum absolute atomic E-state index is 6.17. The van der Waals surface area contributed by atoms with Gasteiger partial charge in [-0.15, -0.1) is 0 Å². The van der Waals surface area contributed by atoms with Gasteiger partial charge in [0.15, 0.2) is 0 Å². The van der Waals surface area contributed by atoms with Gasteiger partial charge in [-0.2, -0.15) is 0 Å². The Hall–Kier alpha value is -0.570. The molecule has 1 rings (SSSR count). The average molecular weight is 242 g/mol. The summed E-state index contributed by atoms with van der Waals surface area (Å²) in [6.45, 7) is 6.57. The van der Waals surface area contributed by atoms with Gasteiger partial charge in [-0.05, 0) is 24.6 Å². The monoisotopic (exact) mass is 241 g/mol. The minimum Gasteiger partial charge on any atom is -0.379 e. The molecule has 0 aliphatic heterocycles. The van der Waals surface area contributed by atoms with E-state index in [1.54, 1.807) is 0 Å². The Morgan fingerprint density at radius 1 is 1.31 bits per heavy atom. The summed E-state index contributed by atoms with van der Waals surface area (Å²) < 4.78 is 5.59. The van der Waals surface area contributed by atoms with Crippen molar-refractivity contribution in [2.24, 2.45) is 0 Å². The van der Waals surface area contributed by atoms with Gasteiger partial charge in [0.25, 0.3) is 0 Å². The van der Waals surface area contributed by atoms with Crippen LogP contribution in [-0.2, 0) is 4.74 Å². The van der Waals surface area contributed by atoms with Crippen molar-refractivity contribution in [2.75, 3.05) is 19.8 Å². The molecular weight excluding hydrogens is 222 g/mol. The van der Waals surface area contributed by atoms with Crippen LogP contribution < -0.4 is 5.32 Å². The van der Waals surface area contributed by atoms with Gasteiger partial charge in [0.1, 0.15) is 0 Å². The molecule has 0 aliphatic rings. The van der Waals surface area contributed by atoms with Gasteiger partial charge >= 0.3 is 0 Å². The Labute approximate surface area is 103 Å². The smallest absolute Gasteiger partial charge is 0.0662 e. The second-order valence-electron chi connectivity index (χ2n) is 3.71. The zero-order chi connectivity index (χ0) is 11.8. The molecule has 0 spiro atoms. The largest absolute Gasteiger partial charge is 0.379 e. The maximum Gasteiger partial charge on any atom is 0.0662 e. The first-order valence-corrected chi connectivity index (χ1v) is 6.23. The molecule has 0 aromatic heterocycles. The lowest BCUT2D eigenvalue weighted by atomic mass is 10.1. The van der Waals surface area contributed by atoms with E-state index < -0.39 is 0 Å². The molecule has 90 valence electrons. The normalized spacial score (nSPS) is 12.7. The molecule has 0 amide bonds. The lowest BCUT2D eigenvalue weighted by Gasteiger charge is -2.19. The summed E-state index contributed by atoms with van der Waals surface area (Å²) in [7, 11) is 0. The van der Waals surface area contributed by atoms with Gasteiger partial charge < -0.3 is 10.1 Å². The number of ether oxygens (including phenoxy) is 1. The van der Waals surface area contributed by atoms with Gasteiger partial charge in [-0.25, -0.2) is 0 Å². The van der Waals surface area contributed by atoms with E-state index in [0.29, 0.717) is 6.61 Å². The first-order chi connectivity index (χ1) is 7.79. The number of nitrogens with one attached hydrogen (secondary N) is 1. The molecule has 2 nitrogen and oxygen atoms in total. The predicted molar refractivity (Wildman–Crippen MR) is 69.0 cm³/mol. The molecule has 0 bridgehead atoms. The van der Waals surface area contributed by atoms with Crippen molar-refractivity contribution in [1.29, 1.82) is 0 Å². The topological polar surface area (TPSA) is 21.3 Å². The van der Waals surface area contributed by atoms with E-state index in [-0.39, 0.29) is 6.04 Å². The molecular formula is C13H20ClNO. The number of halogens is 1. The van der Waals surface area contributed by atoms with Crippen LogP contribution in [0.25, 0.3) is 0 Å². The first kappa shape index (κ1) is 13.5. The number of likely N-dealkylation sites (N-methyl/N-ethyl adjacent to an activating group) is 1. The van der Waals surface area contributed by atoms with Crippen LogP contribution >= 0.6 is 11.6 Å². The van der Waals surface area contributed by atoms with Gasteiger partial charge in [0.05, 0.1) is 12.6 Å². The van der Waals surface area contributed by atoms with Crippen molar-refractivity contribution in [2.45, 2.75) is 26.3 Å². The van der Waals surface area contributed by atoms with E-state index in [2.05, 4.69) is 19.2 Å². The minimum atomic E-state index is 0.185. The fraction of sp³-hybridized carbons (Fsp3) is 0.538. The van der Waals surface area contributed by atoms with Crippen molar-refractivity contribution < 1.29 is 4.74 Å². The summed E-state index contributed by atoms with van der Waals surface area (Å²) in [6.07, 6.45) is 1.04. The van der Waals surface area contributed by atoms with Gasteiger partial charge in [0.2, 0.25) is 0 Å². The van der Waals surface area contributed by atoms with E-state index in [1.807, 2.05) is 24.3 Å². The zero-order valence-electron chi connectivity index (χ0n) is 10.0. The second kappa shape index (κ2) is 7.66. The lowest BCUT2D eigenvalue weighted by molar-refractivity contribution is 0.112. The maximum atomic E-state index is 6.17. The molecule has 1 N–H and O–H groups in total. The summed E-state index contributed by atoms with van der Waals surface area (Å²) in [5, 5.41) is 4.19. The molecule has 1 unspecified atom stereocenters. The fourth-order valence-corrected chi connectivity index (χ4v) is 1.88. The SMILES string of the molecule is CCCOCC(NCC)c1ccccc1Cl. The van der Waals surface area contributed by atoms with Gasteiger partial charge in [-0.1, -0.05) is 43.6 Å². The van der Waals surface area contributed by atoms with Crippen LogP contribution in [0, 0.1) is 0 Å². The third kappa shape index (κ3) is 4.12. The molecule has 1 atom stereocenters. The molecule has 0 saturated carbocycles. The van der Waals surface area contributed by atoms with Gasteiger partial charge in [0, 0.05) is 11.6 Å². The van der Waals surface area contributed by atoms with Crippen LogP contribution in [-0.4, -0.2) is 19.8 Å². The average Bonchev–Trinajstić information content (AvgIpc) is 2.29. The molecule has 0 heterocycles. The molecule has 0 saturated heterocycles. The number of benzene rings is 1. The Morgan fingerprint density at radius 3 is 2.69 bits per heavy atom. The number of rotatable bonds is 7. The Morgan fingerprint density at radius 2 is 2.06 bits per heavy atom. The van der Waals surface area contributed by atoms with E-state index in [0.717, 1.165) is 30.2 Å². The van der Waals surface area contributed by atoms with Crippen LogP contribution in [0.2, 0.25) is 5.02 Å². The van der Waals surface area contributed by atoms with Crippen molar-refractivity contribution in [1.82, 2.24) is 5.32 Å². The van der Waals surface area contributed by atoms with Crippen LogP contribution in [0.15, 0.2) is 24.3 Å². The summed E-state index contributed by atoms with van der Waals surface area (Å²) in [5.41, 5.74) is 1.11. The highest BCUT2D eigenvalue weighted by molar-refractivity contribution is 6.31. The third-order valence-electron chi connectivity index (χ3n) is 2.36. The van der Waals surface area contributed by atoms with Crippen LogP contribution in [0.5, 0.6) is 0 Å². The Kier molecular flexibility index (Phi) is 6.46. The third-order valence-corrected chi connectivity index (χ3v) is 2.71. The van der Waals surface area contributed by atoms with Crippen molar-refractivity contribution >= 4 is 11.6 Å². The molecule has 1 aromatic rings. The van der Waals surface area contributed by atoms with E-state index >= 15 is 0 Å².